The van der Waals surface area contributed by atoms with E-state index in [1.165, 1.54) is 0 Å². The van der Waals surface area contributed by atoms with Crippen LogP contribution in [0.1, 0.15) is 41.3 Å². The normalized spacial score (nSPS) is 10.7. The fourth-order valence-corrected chi connectivity index (χ4v) is 2.42. The van der Waals surface area contributed by atoms with Gasteiger partial charge < -0.3 is 4.74 Å². The van der Waals surface area contributed by atoms with Gasteiger partial charge in [0.2, 0.25) is 0 Å². The molecule has 104 valence electrons. The van der Waals surface area contributed by atoms with Crippen molar-refractivity contribution in [2.75, 3.05) is 0 Å². The summed E-state index contributed by atoms with van der Waals surface area (Å²) in [5.41, 5.74) is 2.76. The maximum Gasteiger partial charge on any atom is 0.150 e. The summed E-state index contributed by atoms with van der Waals surface area (Å²) >= 11 is 3.49. The molecule has 2 nitrogen and oxygen atoms in total. The number of benzene rings is 2. The van der Waals surface area contributed by atoms with Crippen molar-refractivity contribution < 1.29 is 9.53 Å². The zero-order valence-corrected chi connectivity index (χ0v) is 13.4. The Morgan fingerprint density at radius 1 is 1.10 bits per heavy atom. The first kappa shape index (κ1) is 14.8. The SMILES string of the molecule is Cc1cc(C=O)ccc1Oc1ccc(Br)cc1C(C)C. The Hall–Kier alpha value is -1.61. The van der Waals surface area contributed by atoms with Crippen LogP contribution >= 0.6 is 15.9 Å². The molecular weight excluding hydrogens is 316 g/mol. The third-order valence-corrected chi connectivity index (χ3v) is 3.64. The average molecular weight is 333 g/mol. The van der Waals surface area contributed by atoms with Gasteiger partial charge in [-0.05, 0) is 60.4 Å². The second-order valence-corrected chi connectivity index (χ2v) is 6.00. The van der Waals surface area contributed by atoms with Crippen LogP contribution in [0.5, 0.6) is 11.5 Å². The molecule has 0 atom stereocenters. The van der Waals surface area contributed by atoms with E-state index in [-0.39, 0.29) is 0 Å². The van der Waals surface area contributed by atoms with Gasteiger partial charge in [-0.3, -0.25) is 4.79 Å². The molecule has 0 spiro atoms. The van der Waals surface area contributed by atoms with Crippen LogP contribution in [-0.2, 0) is 0 Å². The van der Waals surface area contributed by atoms with Crippen molar-refractivity contribution in [1.29, 1.82) is 0 Å². The zero-order valence-electron chi connectivity index (χ0n) is 11.8. The summed E-state index contributed by atoms with van der Waals surface area (Å²) < 4.78 is 7.06. The molecule has 20 heavy (non-hydrogen) atoms. The minimum atomic E-state index is 0.372. The molecule has 0 N–H and O–H groups in total. The molecule has 2 aromatic carbocycles. The van der Waals surface area contributed by atoms with E-state index < -0.39 is 0 Å². The number of carbonyl (C=O) groups excluding carboxylic acids is 1. The summed E-state index contributed by atoms with van der Waals surface area (Å²) in [7, 11) is 0. The minimum absolute atomic E-state index is 0.372. The lowest BCUT2D eigenvalue weighted by molar-refractivity contribution is 0.112. The van der Waals surface area contributed by atoms with Crippen LogP contribution in [0.25, 0.3) is 0 Å². The van der Waals surface area contributed by atoms with Crippen LogP contribution < -0.4 is 4.74 Å². The summed E-state index contributed by atoms with van der Waals surface area (Å²) in [6.45, 7) is 6.21. The quantitative estimate of drug-likeness (QED) is 0.692. The van der Waals surface area contributed by atoms with Crippen LogP contribution in [-0.4, -0.2) is 6.29 Å². The van der Waals surface area contributed by atoms with E-state index in [1.807, 2.05) is 31.2 Å². The van der Waals surface area contributed by atoms with Crippen LogP contribution in [0.15, 0.2) is 40.9 Å². The highest BCUT2D eigenvalue weighted by Crippen LogP contribution is 2.34. The van der Waals surface area contributed by atoms with Crippen LogP contribution in [0.2, 0.25) is 0 Å². The summed E-state index contributed by atoms with van der Waals surface area (Å²) in [6.07, 6.45) is 0.843. The molecule has 0 saturated carbocycles. The lowest BCUT2D eigenvalue weighted by Crippen LogP contribution is -1.96. The third-order valence-electron chi connectivity index (χ3n) is 3.15. The minimum Gasteiger partial charge on any atom is -0.457 e. The predicted octanol–water partition coefficient (Wildman–Crippen LogP) is 5.49. The summed E-state index contributed by atoms with van der Waals surface area (Å²) in [6, 6.07) is 11.4. The second kappa shape index (κ2) is 6.23. The fraction of sp³-hybridized carbons (Fsp3) is 0.235. The summed E-state index contributed by atoms with van der Waals surface area (Å²) in [4.78, 5) is 10.8. The maximum atomic E-state index is 10.8. The predicted molar refractivity (Wildman–Crippen MR) is 84.9 cm³/mol. The van der Waals surface area contributed by atoms with Crippen molar-refractivity contribution in [3.63, 3.8) is 0 Å². The molecule has 3 heteroatoms. The molecule has 0 heterocycles. The monoisotopic (exact) mass is 332 g/mol. The molecular formula is C17H17BrO2. The van der Waals surface area contributed by atoms with Crippen molar-refractivity contribution in [2.24, 2.45) is 0 Å². The van der Waals surface area contributed by atoms with Gasteiger partial charge in [0, 0.05) is 10.0 Å². The lowest BCUT2D eigenvalue weighted by Gasteiger charge is -2.15. The van der Waals surface area contributed by atoms with Gasteiger partial charge in [0.25, 0.3) is 0 Å². The van der Waals surface area contributed by atoms with E-state index in [0.717, 1.165) is 33.4 Å². The highest BCUT2D eigenvalue weighted by atomic mass is 79.9. The molecule has 2 aromatic rings. The summed E-state index contributed by atoms with van der Waals surface area (Å²) in [5.74, 6) is 2.00. The molecule has 0 aliphatic rings. The van der Waals surface area contributed by atoms with Crippen molar-refractivity contribution in [2.45, 2.75) is 26.7 Å². The standard InChI is InChI=1S/C17H17BrO2/c1-11(2)15-9-14(18)5-7-17(15)20-16-6-4-13(10-19)8-12(16)3/h4-11H,1-3H3. The topological polar surface area (TPSA) is 26.3 Å². The molecule has 0 unspecified atom stereocenters. The Bertz CT molecular complexity index is 633. The van der Waals surface area contributed by atoms with Crippen molar-refractivity contribution >= 4 is 22.2 Å². The van der Waals surface area contributed by atoms with E-state index in [0.29, 0.717) is 11.5 Å². The number of aldehydes is 1. The first-order valence-electron chi connectivity index (χ1n) is 6.54. The fourth-order valence-electron chi connectivity index (χ4n) is 2.04. The first-order valence-corrected chi connectivity index (χ1v) is 7.33. The van der Waals surface area contributed by atoms with Gasteiger partial charge in [0.05, 0.1) is 0 Å². The van der Waals surface area contributed by atoms with Gasteiger partial charge in [-0.15, -0.1) is 0 Å². The Balaban J connectivity index is 2.37. The van der Waals surface area contributed by atoms with Crippen molar-refractivity contribution in [3.05, 3.63) is 57.6 Å². The van der Waals surface area contributed by atoms with Gasteiger partial charge in [0.15, 0.2) is 0 Å². The number of hydrogen-bond acceptors (Lipinski definition) is 2. The van der Waals surface area contributed by atoms with Crippen LogP contribution in [0.4, 0.5) is 0 Å². The van der Waals surface area contributed by atoms with E-state index in [4.69, 9.17) is 4.74 Å². The number of ether oxygens (including phenoxy) is 1. The Labute approximate surface area is 127 Å². The highest BCUT2D eigenvalue weighted by molar-refractivity contribution is 9.10. The Morgan fingerprint density at radius 2 is 1.80 bits per heavy atom. The number of aryl methyl sites for hydroxylation is 1. The van der Waals surface area contributed by atoms with E-state index in [2.05, 4.69) is 35.8 Å². The largest absolute Gasteiger partial charge is 0.457 e. The number of carbonyl (C=O) groups is 1. The Morgan fingerprint density at radius 3 is 2.40 bits per heavy atom. The van der Waals surface area contributed by atoms with E-state index in [1.54, 1.807) is 6.07 Å². The van der Waals surface area contributed by atoms with Gasteiger partial charge in [0.1, 0.15) is 17.8 Å². The third kappa shape index (κ3) is 3.28. The molecule has 0 aliphatic heterocycles. The zero-order chi connectivity index (χ0) is 14.7. The number of rotatable bonds is 4. The van der Waals surface area contributed by atoms with Gasteiger partial charge in [-0.1, -0.05) is 29.8 Å². The van der Waals surface area contributed by atoms with Crippen molar-refractivity contribution in [3.8, 4) is 11.5 Å². The highest BCUT2D eigenvalue weighted by Gasteiger charge is 2.11. The lowest BCUT2D eigenvalue weighted by atomic mass is 10.0. The first-order chi connectivity index (χ1) is 9.51. The number of hydrogen-bond donors (Lipinski definition) is 0. The molecule has 0 fully saturated rings. The second-order valence-electron chi connectivity index (χ2n) is 5.08. The molecule has 2 rings (SSSR count). The molecule has 0 bridgehead atoms. The maximum absolute atomic E-state index is 10.8. The molecule has 0 aromatic heterocycles. The van der Waals surface area contributed by atoms with Gasteiger partial charge in [-0.25, -0.2) is 0 Å². The number of halogens is 1. The smallest absolute Gasteiger partial charge is 0.150 e. The summed E-state index contributed by atoms with van der Waals surface area (Å²) in [5, 5.41) is 0. The average Bonchev–Trinajstić information content (AvgIpc) is 2.42. The van der Waals surface area contributed by atoms with Crippen LogP contribution in [0.3, 0.4) is 0 Å². The van der Waals surface area contributed by atoms with Gasteiger partial charge >= 0.3 is 0 Å². The van der Waals surface area contributed by atoms with Crippen molar-refractivity contribution in [1.82, 2.24) is 0 Å². The van der Waals surface area contributed by atoms with E-state index >= 15 is 0 Å². The molecule has 0 radical (unpaired) electrons. The molecule has 0 amide bonds. The van der Waals surface area contributed by atoms with Gasteiger partial charge in [-0.2, -0.15) is 0 Å². The molecule has 0 aliphatic carbocycles. The Kier molecular flexibility index (Phi) is 4.61. The molecule has 0 saturated heterocycles. The van der Waals surface area contributed by atoms with E-state index in [9.17, 15) is 4.79 Å². The van der Waals surface area contributed by atoms with Crippen LogP contribution in [0, 0.1) is 6.92 Å².